The fourth-order valence-electron chi connectivity index (χ4n) is 10.1. The molecule has 4 nitrogen and oxygen atoms in total. The maximum Gasteiger partial charge on any atom is 0.164 e. The van der Waals surface area contributed by atoms with Gasteiger partial charge in [0.25, 0.3) is 0 Å². The van der Waals surface area contributed by atoms with Crippen LogP contribution in [0.1, 0.15) is 0 Å². The number of benzene rings is 11. The largest absolute Gasteiger partial charge is 0.456 e. The minimum Gasteiger partial charge on any atom is -0.456 e. The zero-order valence-electron chi connectivity index (χ0n) is 36.5. The summed E-state index contributed by atoms with van der Waals surface area (Å²) in [7, 11) is 0. The Kier molecular flexibility index (Phi) is 8.73. The van der Waals surface area contributed by atoms with Gasteiger partial charge in [0, 0.05) is 47.6 Å². The van der Waals surface area contributed by atoms with E-state index in [0.29, 0.717) is 17.5 Å². The van der Waals surface area contributed by atoms with Crippen molar-refractivity contribution in [3.63, 3.8) is 0 Å². The van der Waals surface area contributed by atoms with Gasteiger partial charge in [0.2, 0.25) is 0 Å². The van der Waals surface area contributed by atoms with E-state index < -0.39 is 0 Å². The van der Waals surface area contributed by atoms with Gasteiger partial charge in [-0.3, -0.25) is 0 Å². The predicted octanol–water partition coefficient (Wildman–Crippen LogP) is 17.6. The van der Waals surface area contributed by atoms with Gasteiger partial charge in [0.05, 0.1) is 0 Å². The van der Waals surface area contributed by atoms with Gasteiger partial charge in [-0.1, -0.05) is 158 Å². The van der Waals surface area contributed by atoms with Crippen LogP contribution in [0.25, 0.3) is 142 Å². The zero-order valence-corrected chi connectivity index (χ0v) is 37.3. The van der Waals surface area contributed by atoms with E-state index in [1.165, 1.54) is 47.3 Å². The minimum atomic E-state index is 0.626. The number of aromatic nitrogens is 3. The first-order chi connectivity index (χ1) is 33.6. The predicted molar refractivity (Wildman–Crippen MR) is 285 cm³/mol. The zero-order chi connectivity index (χ0) is 44.7. The van der Waals surface area contributed by atoms with Gasteiger partial charge in [0.15, 0.2) is 17.5 Å². The lowest BCUT2D eigenvalue weighted by atomic mass is 9.94. The molecule has 0 spiro atoms. The van der Waals surface area contributed by atoms with E-state index in [1.54, 1.807) is 0 Å². The summed E-state index contributed by atoms with van der Waals surface area (Å²) in [5.41, 5.74) is 11.4. The molecule has 0 aliphatic rings. The third-order valence-electron chi connectivity index (χ3n) is 13.5. The molecule has 14 rings (SSSR count). The van der Waals surface area contributed by atoms with Crippen LogP contribution in [0.2, 0.25) is 0 Å². The van der Waals surface area contributed by atoms with Crippen LogP contribution in [-0.4, -0.2) is 15.0 Å². The molecule has 0 amide bonds. The van der Waals surface area contributed by atoms with Crippen molar-refractivity contribution in [3.05, 3.63) is 224 Å². The molecule has 14 aromatic rings. The van der Waals surface area contributed by atoms with E-state index in [4.69, 9.17) is 19.4 Å². The van der Waals surface area contributed by atoms with Crippen LogP contribution in [0.15, 0.2) is 229 Å². The SMILES string of the molecule is c1ccc(-c2cccc(-c3nc(-c4ccc5cc(-c6cccc7oc8ccc(-c9ccc%10c(ccc%11ccccc%11%10)c9)cc8c67)ccc5c4)nc(-c4ccc5sc6ccccc6c5c4)n3)c2)cc1. The molecule has 0 aliphatic heterocycles. The molecule has 0 radical (unpaired) electrons. The molecule has 11 aromatic carbocycles. The van der Waals surface area contributed by atoms with Crippen molar-refractivity contribution in [2.45, 2.75) is 0 Å². The fraction of sp³-hybridized carbons (Fsp3) is 0. The summed E-state index contributed by atoms with van der Waals surface area (Å²) in [6.45, 7) is 0. The molecule has 0 N–H and O–H groups in total. The average molecular weight is 884 g/mol. The van der Waals surface area contributed by atoms with Crippen LogP contribution in [-0.2, 0) is 0 Å². The summed E-state index contributed by atoms with van der Waals surface area (Å²) in [5.74, 6) is 1.90. The van der Waals surface area contributed by atoms with E-state index >= 15 is 0 Å². The normalized spacial score (nSPS) is 11.8. The van der Waals surface area contributed by atoms with Crippen LogP contribution >= 0.6 is 11.3 Å². The Morgan fingerprint density at radius 1 is 0.279 bits per heavy atom. The Morgan fingerprint density at radius 3 is 1.69 bits per heavy atom. The molecule has 0 atom stereocenters. The van der Waals surface area contributed by atoms with Crippen LogP contribution in [0.4, 0.5) is 0 Å². The van der Waals surface area contributed by atoms with Gasteiger partial charge in [-0.25, -0.2) is 15.0 Å². The Balaban J connectivity index is 0.860. The van der Waals surface area contributed by atoms with Crippen LogP contribution in [0.3, 0.4) is 0 Å². The molecule has 0 fully saturated rings. The van der Waals surface area contributed by atoms with Crippen molar-refractivity contribution in [2.24, 2.45) is 0 Å². The van der Waals surface area contributed by atoms with E-state index in [-0.39, 0.29) is 0 Å². The third kappa shape index (κ3) is 6.47. The average Bonchev–Trinajstić information content (AvgIpc) is 3.98. The smallest absolute Gasteiger partial charge is 0.164 e. The standard InChI is InChI=1S/C63H37N3OS/c1-2-10-38(11-3-1)40-13-8-14-47(34-40)61-64-62(66-63(65-61)49-28-31-59-54(37-49)53-16-6-7-19-58(53)68-59)48-25-22-41-33-46(24-21-42(41)35-48)52-17-9-18-57-60(52)55-36-44(27-30-56(55)67-57)43-26-29-51-45(32-43)23-20-39-12-4-5-15-50(39)51/h1-37H. The Hall–Kier alpha value is -8.77. The Bertz CT molecular complexity index is 4340. The van der Waals surface area contributed by atoms with E-state index in [1.807, 2.05) is 17.4 Å². The van der Waals surface area contributed by atoms with Crippen molar-refractivity contribution in [3.8, 4) is 67.5 Å². The molecule has 5 heteroatoms. The Morgan fingerprint density at radius 2 is 0.824 bits per heavy atom. The quantitative estimate of drug-likeness (QED) is 0.156. The number of hydrogen-bond acceptors (Lipinski definition) is 5. The van der Waals surface area contributed by atoms with Crippen molar-refractivity contribution in [1.82, 2.24) is 15.0 Å². The highest BCUT2D eigenvalue weighted by Gasteiger charge is 2.18. The first kappa shape index (κ1) is 38.5. The lowest BCUT2D eigenvalue weighted by molar-refractivity contribution is 0.669. The van der Waals surface area contributed by atoms with Crippen LogP contribution < -0.4 is 0 Å². The monoisotopic (exact) mass is 883 g/mol. The second kappa shape index (κ2) is 15.4. The van der Waals surface area contributed by atoms with Crippen molar-refractivity contribution in [1.29, 1.82) is 0 Å². The second-order valence-electron chi connectivity index (χ2n) is 17.6. The molecule has 3 heterocycles. The van der Waals surface area contributed by atoms with Gasteiger partial charge in [-0.2, -0.15) is 0 Å². The van der Waals surface area contributed by atoms with Gasteiger partial charge >= 0.3 is 0 Å². The molecule has 316 valence electrons. The van der Waals surface area contributed by atoms with Crippen LogP contribution in [0.5, 0.6) is 0 Å². The molecule has 0 bridgehead atoms. The first-order valence-electron chi connectivity index (χ1n) is 22.9. The van der Waals surface area contributed by atoms with Gasteiger partial charge < -0.3 is 4.42 Å². The fourth-order valence-corrected chi connectivity index (χ4v) is 11.2. The maximum absolute atomic E-state index is 6.51. The topological polar surface area (TPSA) is 51.8 Å². The third-order valence-corrected chi connectivity index (χ3v) is 14.6. The summed E-state index contributed by atoms with van der Waals surface area (Å²) in [5, 5.41) is 11.9. The molecule has 68 heavy (non-hydrogen) atoms. The van der Waals surface area contributed by atoms with Gasteiger partial charge in [-0.05, 0) is 132 Å². The molecular formula is C63H37N3OS. The molecule has 0 saturated carbocycles. The number of furan rings is 1. The number of fused-ring (bicyclic) bond motifs is 10. The summed E-state index contributed by atoms with van der Waals surface area (Å²) < 4.78 is 9.01. The Labute approximate surface area is 395 Å². The second-order valence-corrected chi connectivity index (χ2v) is 18.6. The molecule has 0 unspecified atom stereocenters. The molecular weight excluding hydrogens is 847 g/mol. The van der Waals surface area contributed by atoms with Crippen molar-refractivity contribution in [2.75, 3.05) is 0 Å². The van der Waals surface area contributed by atoms with Gasteiger partial charge in [0.1, 0.15) is 11.2 Å². The highest BCUT2D eigenvalue weighted by Crippen LogP contribution is 2.41. The summed E-state index contributed by atoms with van der Waals surface area (Å²) >= 11 is 1.81. The highest BCUT2D eigenvalue weighted by atomic mass is 32.1. The summed E-state index contributed by atoms with van der Waals surface area (Å²) in [6, 6.07) is 80.1. The summed E-state index contributed by atoms with van der Waals surface area (Å²) in [4.78, 5) is 15.6. The molecule has 3 aromatic heterocycles. The minimum absolute atomic E-state index is 0.626. The van der Waals surface area contributed by atoms with Crippen molar-refractivity contribution >= 4 is 85.8 Å². The summed E-state index contributed by atoms with van der Waals surface area (Å²) in [6.07, 6.45) is 0. The van der Waals surface area contributed by atoms with Gasteiger partial charge in [-0.15, -0.1) is 11.3 Å². The number of nitrogens with zero attached hydrogens (tertiary/aromatic N) is 3. The number of hydrogen-bond donors (Lipinski definition) is 0. The van der Waals surface area contributed by atoms with E-state index in [9.17, 15) is 0 Å². The lowest BCUT2D eigenvalue weighted by Gasteiger charge is -2.11. The maximum atomic E-state index is 6.51. The molecule has 0 aliphatic carbocycles. The lowest BCUT2D eigenvalue weighted by Crippen LogP contribution is -2.00. The highest BCUT2D eigenvalue weighted by molar-refractivity contribution is 7.25. The molecule has 0 saturated heterocycles. The van der Waals surface area contributed by atoms with Crippen LogP contribution in [0, 0.1) is 0 Å². The van der Waals surface area contributed by atoms with E-state index in [2.05, 4.69) is 218 Å². The van der Waals surface area contributed by atoms with Crippen molar-refractivity contribution < 1.29 is 4.42 Å². The number of rotatable bonds is 6. The first-order valence-corrected chi connectivity index (χ1v) is 23.7. The number of thiophene rings is 1. The van der Waals surface area contributed by atoms with E-state index in [0.717, 1.165) is 77.2 Å².